The maximum Gasteiger partial charge on any atom is 0.338 e. The van der Waals surface area contributed by atoms with Crippen molar-refractivity contribution in [3.8, 4) is 11.5 Å². The van der Waals surface area contributed by atoms with Crippen molar-refractivity contribution in [1.82, 2.24) is 4.98 Å². The number of nitrogens with zero attached hydrogens (tertiary/aromatic N) is 1. The topological polar surface area (TPSA) is 90.0 Å². The molecular formula is C20H16N2O5. The van der Waals surface area contributed by atoms with Crippen LogP contribution in [0.3, 0.4) is 0 Å². The molecule has 1 unspecified atom stereocenters. The van der Waals surface area contributed by atoms with Crippen molar-refractivity contribution < 1.29 is 23.8 Å². The number of hydrogen-bond donors (Lipinski definition) is 1. The van der Waals surface area contributed by atoms with Crippen molar-refractivity contribution in [1.29, 1.82) is 0 Å². The van der Waals surface area contributed by atoms with E-state index in [1.54, 1.807) is 24.4 Å². The first kappa shape index (κ1) is 16.8. The summed E-state index contributed by atoms with van der Waals surface area (Å²) < 4.78 is 15.4. The minimum absolute atomic E-state index is 0.166. The lowest BCUT2D eigenvalue weighted by Gasteiger charge is -2.09. The number of ketones is 1. The lowest BCUT2D eigenvalue weighted by atomic mass is 10.0. The van der Waals surface area contributed by atoms with E-state index in [1.165, 1.54) is 13.3 Å². The van der Waals surface area contributed by atoms with Gasteiger partial charge in [0.2, 0.25) is 18.6 Å². The molecule has 2 heterocycles. The number of H-pyrrole nitrogens is 1. The molecule has 7 heteroatoms. The van der Waals surface area contributed by atoms with Gasteiger partial charge >= 0.3 is 5.97 Å². The Balaban J connectivity index is 1.65. The van der Waals surface area contributed by atoms with Crippen molar-refractivity contribution in [2.45, 2.75) is 6.04 Å². The molecule has 0 bridgehead atoms. The lowest BCUT2D eigenvalue weighted by molar-refractivity contribution is -0.140. The molecule has 1 aliphatic rings. The highest BCUT2D eigenvalue weighted by molar-refractivity contribution is 6.18. The van der Waals surface area contributed by atoms with Crippen LogP contribution in [-0.4, -0.2) is 42.9 Å². The average Bonchev–Trinajstić information content (AvgIpc) is 3.34. The van der Waals surface area contributed by atoms with Gasteiger partial charge in [-0.15, -0.1) is 0 Å². The average molecular weight is 364 g/mol. The Bertz CT molecular complexity index is 1050. The zero-order valence-electron chi connectivity index (χ0n) is 14.5. The Morgan fingerprint density at radius 2 is 2.00 bits per heavy atom. The molecule has 2 aromatic carbocycles. The Hall–Kier alpha value is -3.61. The number of carbonyl (C=O) groups is 2. The third kappa shape index (κ3) is 3.15. The highest BCUT2D eigenvalue weighted by atomic mass is 16.7. The third-order valence-corrected chi connectivity index (χ3v) is 4.30. The number of esters is 1. The lowest BCUT2D eigenvalue weighted by Crippen LogP contribution is -2.29. The Morgan fingerprint density at radius 1 is 1.19 bits per heavy atom. The molecule has 1 aromatic heterocycles. The smallest absolute Gasteiger partial charge is 0.338 e. The van der Waals surface area contributed by atoms with Crippen LogP contribution in [0.4, 0.5) is 0 Å². The number of para-hydroxylation sites is 1. The molecule has 0 saturated carbocycles. The van der Waals surface area contributed by atoms with Gasteiger partial charge in [-0.2, -0.15) is 0 Å². The first-order valence-electron chi connectivity index (χ1n) is 8.28. The predicted molar refractivity (Wildman–Crippen MR) is 98.6 cm³/mol. The molecule has 136 valence electrons. The van der Waals surface area contributed by atoms with Crippen molar-refractivity contribution >= 4 is 28.9 Å². The van der Waals surface area contributed by atoms with Gasteiger partial charge in [-0.05, 0) is 29.8 Å². The van der Waals surface area contributed by atoms with Gasteiger partial charge in [-0.3, -0.25) is 9.79 Å². The van der Waals surface area contributed by atoms with Crippen LogP contribution in [0.15, 0.2) is 53.7 Å². The summed E-state index contributed by atoms with van der Waals surface area (Å²) in [5.74, 6) is 0.0848. The number of rotatable bonds is 5. The molecule has 0 aliphatic carbocycles. The molecule has 1 atom stereocenters. The van der Waals surface area contributed by atoms with Crippen molar-refractivity contribution in [2.24, 2.45) is 4.99 Å². The number of Topliss-reactive ketones (excluding diaryl/α,β-unsaturated/α-hetero) is 1. The molecule has 0 fully saturated rings. The van der Waals surface area contributed by atoms with E-state index in [-0.39, 0.29) is 6.79 Å². The number of carbonyl (C=O) groups excluding carboxylic acids is 2. The normalized spacial score (nSPS) is 13.8. The number of hydrogen-bond acceptors (Lipinski definition) is 6. The maximum absolute atomic E-state index is 12.9. The second kappa shape index (κ2) is 6.95. The van der Waals surface area contributed by atoms with Crippen molar-refractivity contribution in [2.75, 3.05) is 13.9 Å². The van der Waals surface area contributed by atoms with E-state index in [4.69, 9.17) is 14.2 Å². The zero-order chi connectivity index (χ0) is 18.8. The van der Waals surface area contributed by atoms with Crippen molar-refractivity contribution in [3.63, 3.8) is 0 Å². The minimum atomic E-state index is -1.29. The van der Waals surface area contributed by atoms with E-state index in [0.29, 0.717) is 22.6 Å². The van der Waals surface area contributed by atoms with E-state index in [9.17, 15) is 9.59 Å². The highest BCUT2D eigenvalue weighted by Crippen LogP contribution is 2.32. The van der Waals surface area contributed by atoms with Crippen LogP contribution in [-0.2, 0) is 9.53 Å². The van der Waals surface area contributed by atoms with Gasteiger partial charge < -0.3 is 19.2 Å². The second-order valence-electron chi connectivity index (χ2n) is 5.93. The summed E-state index contributed by atoms with van der Waals surface area (Å²) in [6, 6.07) is 11.3. The van der Waals surface area contributed by atoms with E-state index >= 15 is 0 Å². The monoisotopic (exact) mass is 364 g/mol. The van der Waals surface area contributed by atoms with Crippen LogP contribution in [0.25, 0.3) is 10.9 Å². The number of nitrogens with one attached hydrogen (secondary N) is 1. The van der Waals surface area contributed by atoms with E-state index in [2.05, 4.69) is 9.98 Å². The van der Waals surface area contributed by atoms with Crippen LogP contribution in [0.1, 0.15) is 15.9 Å². The van der Waals surface area contributed by atoms with Crippen LogP contribution in [0.2, 0.25) is 0 Å². The summed E-state index contributed by atoms with van der Waals surface area (Å²) >= 11 is 0. The summed E-state index contributed by atoms with van der Waals surface area (Å²) in [6.07, 6.45) is 3.04. The summed E-state index contributed by atoms with van der Waals surface area (Å²) in [5.41, 5.74) is 1.88. The number of aliphatic imine (C=N–C) groups is 1. The fourth-order valence-electron chi connectivity index (χ4n) is 2.92. The summed E-state index contributed by atoms with van der Waals surface area (Å²) in [4.78, 5) is 32.4. The molecule has 0 saturated heterocycles. The number of aromatic nitrogens is 1. The van der Waals surface area contributed by atoms with Crippen molar-refractivity contribution in [3.05, 3.63) is 59.8 Å². The van der Waals surface area contributed by atoms with Crippen LogP contribution in [0, 0.1) is 0 Å². The quantitative estimate of drug-likeness (QED) is 0.325. The van der Waals surface area contributed by atoms with Gasteiger partial charge in [-0.1, -0.05) is 18.2 Å². The fraction of sp³-hybridized carbons (Fsp3) is 0.150. The summed E-state index contributed by atoms with van der Waals surface area (Å²) in [5, 5.41) is 0.731. The van der Waals surface area contributed by atoms with Gasteiger partial charge in [0.05, 0.1) is 7.11 Å². The van der Waals surface area contributed by atoms with E-state index in [1.807, 2.05) is 24.3 Å². The standard InChI is InChI=1S/C20H16N2O5/c1-25-20(24)18(19(23)14-10-21-15-5-3-2-4-13(14)15)22-9-12-6-7-16-17(8-12)27-11-26-16/h2-10,18,21H,11H2,1H3/b22-9+. The molecular weight excluding hydrogens is 348 g/mol. The molecule has 1 N–H and O–H groups in total. The molecule has 1 aliphatic heterocycles. The summed E-state index contributed by atoms with van der Waals surface area (Å²) in [6.45, 7) is 0.166. The number of methoxy groups -OCH3 is 1. The third-order valence-electron chi connectivity index (χ3n) is 4.30. The molecule has 0 spiro atoms. The second-order valence-corrected chi connectivity index (χ2v) is 5.93. The largest absolute Gasteiger partial charge is 0.467 e. The Labute approximate surface area is 154 Å². The first-order chi connectivity index (χ1) is 13.2. The predicted octanol–water partition coefficient (Wildman–Crippen LogP) is 2.74. The SMILES string of the molecule is COC(=O)C(/N=C/c1ccc2c(c1)OCO2)C(=O)c1c[nH]c2ccccc12. The number of ether oxygens (including phenoxy) is 3. The van der Waals surface area contributed by atoms with E-state index < -0.39 is 17.8 Å². The number of benzene rings is 2. The molecule has 27 heavy (non-hydrogen) atoms. The molecule has 3 aromatic rings. The minimum Gasteiger partial charge on any atom is -0.467 e. The summed E-state index contributed by atoms with van der Waals surface area (Å²) in [7, 11) is 1.23. The Kier molecular flexibility index (Phi) is 4.33. The van der Waals surface area contributed by atoms with Gasteiger partial charge in [0.25, 0.3) is 0 Å². The van der Waals surface area contributed by atoms with Gasteiger partial charge in [-0.25, -0.2) is 4.79 Å². The van der Waals surface area contributed by atoms with E-state index in [0.717, 1.165) is 10.9 Å². The molecule has 0 amide bonds. The number of fused-ring (bicyclic) bond motifs is 2. The maximum atomic E-state index is 12.9. The van der Waals surface area contributed by atoms with Crippen LogP contribution < -0.4 is 9.47 Å². The zero-order valence-corrected chi connectivity index (χ0v) is 14.5. The molecule has 7 nitrogen and oxygen atoms in total. The van der Waals surface area contributed by atoms with Gasteiger partial charge in [0.15, 0.2) is 11.5 Å². The van der Waals surface area contributed by atoms with Gasteiger partial charge in [0, 0.05) is 28.9 Å². The molecule has 4 rings (SSSR count). The number of aromatic amines is 1. The fourth-order valence-corrected chi connectivity index (χ4v) is 2.92. The van der Waals surface area contributed by atoms with Crippen LogP contribution in [0.5, 0.6) is 11.5 Å². The molecule has 0 radical (unpaired) electrons. The highest BCUT2D eigenvalue weighted by Gasteiger charge is 2.29. The van der Waals surface area contributed by atoms with Crippen LogP contribution >= 0.6 is 0 Å². The first-order valence-corrected chi connectivity index (χ1v) is 8.28. The van der Waals surface area contributed by atoms with Gasteiger partial charge in [0.1, 0.15) is 0 Å². The Morgan fingerprint density at radius 3 is 2.85 bits per heavy atom.